The third-order valence-corrected chi connectivity index (χ3v) is 4.39. The maximum atomic E-state index is 10.9. The molecule has 1 aliphatic heterocycles. The van der Waals surface area contributed by atoms with Crippen molar-refractivity contribution in [1.82, 2.24) is 14.6 Å². The molecule has 1 aliphatic rings. The molecule has 1 fully saturated rings. The first-order chi connectivity index (χ1) is 8.38. The zero-order chi connectivity index (χ0) is 11.7. The van der Waals surface area contributed by atoms with Gasteiger partial charge in [-0.25, -0.2) is 0 Å². The molecule has 0 aromatic carbocycles. The number of aromatic nitrogens is 3. The highest BCUT2D eigenvalue weighted by atomic mass is 32.2. The number of rotatable bonds is 3. The van der Waals surface area contributed by atoms with Gasteiger partial charge in [0.2, 0.25) is 0 Å². The van der Waals surface area contributed by atoms with E-state index in [9.17, 15) is 4.79 Å². The van der Waals surface area contributed by atoms with Gasteiger partial charge in [-0.05, 0) is 36.0 Å². The minimum absolute atomic E-state index is 0.604. The number of hydrogen-bond donors (Lipinski definition) is 0. The van der Waals surface area contributed by atoms with Crippen LogP contribution in [0.2, 0.25) is 0 Å². The van der Waals surface area contributed by atoms with Gasteiger partial charge in [0.05, 0.1) is 5.56 Å². The minimum Gasteiger partial charge on any atom is -0.298 e. The van der Waals surface area contributed by atoms with Crippen molar-refractivity contribution in [2.24, 2.45) is 5.92 Å². The Balaban J connectivity index is 1.97. The number of hydrogen-bond acceptors (Lipinski definition) is 4. The summed E-state index contributed by atoms with van der Waals surface area (Å²) in [5.74, 6) is 4.13. The van der Waals surface area contributed by atoms with Crippen molar-refractivity contribution in [3.63, 3.8) is 0 Å². The van der Waals surface area contributed by atoms with Crippen molar-refractivity contribution in [2.75, 3.05) is 11.5 Å². The van der Waals surface area contributed by atoms with E-state index in [0.29, 0.717) is 17.1 Å². The quantitative estimate of drug-likeness (QED) is 0.776. The highest BCUT2D eigenvalue weighted by Crippen LogP contribution is 2.26. The highest BCUT2D eigenvalue weighted by Gasteiger charge is 2.19. The Labute approximate surface area is 103 Å². The van der Waals surface area contributed by atoms with Crippen LogP contribution in [0.3, 0.4) is 0 Å². The minimum atomic E-state index is 0.604. The molecule has 3 heterocycles. The molecule has 4 nitrogen and oxygen atoms in total. The smallest absolute Gasteiger partial charge is 0.171 e. The number of aldehydes is 1. The number of carbonyl (C=O) groups is 1. The average Bonchev–Trinajstić information content (AvgIpc) is 2.99. The van der Waals surface area contributed by atoms with Gasteiger partial charge in [0.1, 0.15) is 5.82 Å². The fourth-order valence-electron chi connectivity index (χ4n) is 2.22. The number of fused-ring (bicyclic) bond motifs is 1. The van der Waals surface area contributed by atoms with Crippen LogP contribution in [0, 0.1) is 5.92 Å². The number of thioether (sulfide) groups is 1. The summed E-state index contributed by atoms with van der Waals surface area (Å²) in [6, 6.07) is 3.64. The molecule has 0 radical (unpaired) electrons. The van der Waals surface area contributed by atoms with Gasteiger partial charge in [-0.2, -0.15) is 11.8 Å². The molecule has 5 heteroatoms. The average molecular weight is 247 g/mol. The molecule has 0 amide bonds. The van der Waals surface area contributed by atoms with Crippen LogP contribution in [0.4, 0.5) is 0 Å². The molecule has 0 saturated carbocycles. The molecule has 2 aromatic rings. The zero-order valence-electron chi connectivity index (χ0n) is 9.37. The van der Waals surface area contributed by atoms with Gasteiger partial charge >= 0.3 is 0 Å². The zero-order valence-corrected chi connectivity index (χ0v) is 10.2. The fraction of sp³-hybridized carbons (Fsp3) is 0.417. The van der Waals surface area contributed by atoms with Gasteiger partial charge in [-0.15, -0.1) is 10.2 Å². The van der Waals surface area contributed by atoms with Crippen molar-refractivity contribution in [3.8, 4) is 0 Å². The molecule has 1 atom stereocenters. The Hall–Kier alpha value is -1.36. The van der Waals surface area contributed by atoms with E-state index in [2.05, 4.69) is 10.2 Å². The van der Waals surface area contributed by atoms with E-state index >= 15 is 0 Å². The second-order valence-electron chi connectivity index (χ2n) is 4.32. The molecule has 0 N–H and O–H groups in total. The monoisotopic (exact) mass is 247 g/mol. The van der Waals surface area contributed by atoms with Crippen molar-refractivity contribution >= 4 is 23.7 Å². The topological polar surface area (TPSA) is 47.3 Å². The summed E-state index contributed by atoms with van der Waals surface area (Å²) >= 11 is 2.00. The van der Waals surface area contributed by atoms with Crippen LogP contribution < -0.4 is 0 Å². The Morgan fingerprint density at radius 1 is 1.53 bits per heavy atom. The van der Waals surface area contributed by atoms with E-state index in [0.717, 1.165) is 18.5 Å². The molecule has 0 aliphatic carbocycles. The molecular formula is C12H13N3OS. The first kappa shape index (κ1) is 10.8. The Bertz CT molecular complexity index is 546. The van der Waals surface area contributed by atoms with Gasteiger partial charge in [-0.1, -0.05) is 0 Å². The van der Waals surface area contributed by atoms with E-state index in [1.165, 1.54) is 17.9 Å². The molecule has 1 unspecified atom stereocenters. The Morgan fingerprint density at radius 2 is 2.47 bits per heavy atom. The summed E-state index contributed by atoms with van der Waals surface area (Å²) in [5.41, 5.74) is 1.27. The predicted molar refractivity (Wildman–Crippen MR) is 67.5 cm³/mol. The lowest BCUT2D eigenvalue weighted by atomic mass is 10.1. The van der Waals surface area contributed by atoms with Crippen molar-refractivity contribution in [1.29, 1.82) is 0 Å². The molecular weight excluding hydrogens is 234 g/mol. The van der Waals surface area contributed by atoms with Gasteiger partial charge in [0.15, 0.2) is 11.9 Å². The van der Waals surface area contributed by atoms with E-state index in [4.69, 9.17) is 0 Å². The lowest BCUT2D eigenvalue weighted by Crippen LogP contribution is -2.06. The maximum Gasteiger partial charge on any atom is 0.171 e. The number of nitrogens with zero attached hydrogens (tertiary/aromatic N) is 3. The molecule has 2 aromatic heterocycles. The number of carbonyl (C=O) groups excluding carboxylic acids is 1. The van der Waals surface area contributed by atoms with Crippen molar-refractivity contribution in [2.45, 2.75) is 12.8 Å². The van der Waals surface area contributed by atoms with Crippen LogP contribution in [0.25, 0.3) is 5.65 Å². The van der Waals surface area contributed by atoms with Crippen LogP contribution in [-0.4, -0.2) is 32.4 Å². The predicted octanol–water partition coefficient (Wildman–Crippen LogP) is 1.84. The van der Waals surface area contributed by atoms with Crippen molar-refractivity contribution in [3.05, 3.63) is 29.7 Å². The summed E-state index contributed by atoms with van der Waals surface area (Å²) in [6.07, 6.45) is 4.97. The van der Waals surface area contributed by atoms with Gasteiger partial charge in [0, 0.05) is 12.6 Å². The third-order valence-electron chi connectivity index (χ3n) is 3.16. The summed E-state index contributed by atoms with van der Waals surface area (Å²) in [7, 11) is 0. The first-order valence-electron chi connectivity index (χ1n) is 5.74. The fourth-order valence-corrected chi connectivity index (χ4v) is 3.50. The molecule has 17 heavy (non-hydrogen) atoms. The second-order valence-corrected chi connectivity index (χ2v) is 5.47. The SMILES string of the molecule is O=Cc1cccn2c(CC3CCSC3)nnc12. The summed E-state index contributed by atoms with van der Waals surface area (Å²) < 4.78 is 1.94. The standard InChI is InChI=1S/C12H13N3OS/c16-7-10-2-1-4-15-11(13-14-12(10)15)6-9-3-5-17-8-9/h1-2,4,7,9H,3,5-6,8H2. The highest BCUT2D eigenvalue weighted by molar-refractivity contribution is 7.99. The first-order valence-corrected chi connectivity index (χ1v) is 6.89. The molecule has 0 bridgehead atoms. The lowest BCUT2D eigenvalue weighted by molar-refractivity contribution is 0.112. The normalized spacial score (nSPS) is 19.9. The second kappa shape index (κ2) is 4.49. The summed E-state index contributed by atoms with van der Waals surface area (Å²) in [4.78, 5) is 10.9. The van der Waals surface area contributed by atoms with E-state index < -0.39 is 0 Å². The van der Waals surface area contributed by atoms with Crippen LogP contribution in [0.1, 0.15) is 22.6 Å². The van der Waals surface area contributed by atoms with Crippen LogP contribution >= 0.6 is 11.8 Å². The summed E-state index contributed by atoms with van der Waals surface area (Å²) in [6.45, 7) is 0. The van der Waals surface area contributed by atoms with Gasteiger partial charge < -0.3 is 0 Å². The summed E-state index contributed by atoms with van der Waals surface area (Å²) in [5, 5.41) is 8.32. The van der Waals surface area contributed by atoms with E-state index in [1.807, 2.05) is 28.4 Å². The van der Waals surface area contributed by atoms with Crippen LogP contribution in [0.15, 0.2) is 18.3 Å². The third kappa shape index (κ3) is 1.95. The lowest BCUT2D eigenvalue weighted by Gasteiger charge is -2.06. The van der Waals surface area contributed by atoms with E-state index in [1.54, 1.807) is 6.07 Å². The Morgan fingerprint density at radius 3 is 3.24 bits per heavy atom. The van der Waals surface area contributed by atoms with Crippen molar-refractivity contribution < 1.29 is 4.79 Å². The molecule has 1 saturated heterocycles. The van der Waals surface area contributed by atoms with Gasteiger partial charge in [-0.3, -0.25) is 9.20 Å². The largest absolute Gasteiger partial charge is 0.298 e. The molecule has 88 valence electrons. The molecule has 0 spiro atoms. The molecule has 3 rings (SSSR count). The van der Waals surface area contributed by atoms with E-state index in [-0.39, 0.29) is 0 Å². The van der Waals surface area contributed by atoms with Gasteiger partial charge in [0.25, 0.3) is 0 Å². The van der Waals surface area contributed by atoms with Crippen LogP contribution in [-0.2, 0) is 6.42 Å². The number of pyridine rings is 1. The maximum absolute atomic E-state index is 10.9. The van der Waals surface area contributed by atoms with Crippen LogP contribution in [0.5, 0.6) is 0 Å². The Kier molecular flexibility index (Phi) is 2.84.